The van der Waals surface area contributed by atoms with Crippen molar-refractivity contribution in [2.24, 2.45) is 0 Å². The van der Waals surface area contributed by atoms with Crippen LogP contribution in [-0.4, -0.2) is 26.3 Å². The summed E-state index contributed by atoms with van der Waals surface area (Å²) in [5.41, 5.74) is 0.440. The van der Waals surface area contributed by atoms with Crippen LogP contribution < -0.4 is 9.47 Å². The lowest BCUT2D eigenvalue weighted by Gasteiger charge is -2.13. The molecule has 1 aromatic carbocycles. The molecule has 4 nitrogen and oxygen atoms in total. The average Bonchev–Trinajstić information content (AvgIpc) is 2.27. The minimum absolute atomic E-state index is 0.0536. The molecule has 0 bridgehead atoms. The Balaban J connectivity index is 3.01. The quantitative estimate of drug-likeness (QED) is 0.736. The van der Waals surface area contributed by atoms with Crippen LogP contribution in [-0.2, 0) is 4.74 Å². The number of hydrogen-bond acceptors (Lipinski definition) is 4. The van der Waals surface area contributed by atoms with E-state index in [1.54, 1.807) is 18.2 Å². The Morgan fingerprint density at radius 2 is 1.88 bits per heavy atom. The Kier molecular flexibility index (Phi) is 4.17. The normalized spacial score (nSPS) is 10.1. The van der Waals surface area contributed by atoms with Crippen molar-refractivity contribution in [2.45, 2.75) is 20.0 Å². The molecule has 0 spiro atoms. The molecule has 0 aliphatic heterocycles. The molecule has 16 heavy (non-hydrogen) atoms. The van der Waals surface area contributed by atoms with Crippen LogP contribution in [0.25, 0.3) is 0 Å². The van der Waals surface area contributed by atoms with Gasteiger partial charge in [0.1, 0.15) is 0 Å². The van der Waals surface area contributed by atoms with Gasteiger partial charge in [0.25, 0.3) is 0 Å². The summed E-state index contributed by atoms with van der Waals surface area (Å²) >= 11 is 0. The standard InChI is InChI=1S/C12H16O4/c1-8(2)16-10-6-5-9(12(13)15-4)7-11(10)14-3/h5-8H,1-4H3. The summed E-state index contributed by atoms with van der Waals surface area (Å²) in [5.74, 6) is 0.746. The molecule has 0 saturated heterocycles. The molecule has 1 rings (SSSR count). The van der Waals surface area contributed by atoms with Crippen molar-refractivity contribution in [3.63, 3.8) is 0 Å². The van der Waals surface area contributed by atoms with Gasteiger partial charge in [-0.2, -0.15) is 0 Å². The summed E-state index contributed by atoms with van der Waals surface area (Å²) in [7, 11) is 2.87. The Hall–Kier alpha value is -1.71. The molecule has 0 amide bonds. The third kappa shape index (κ3) is 2.89. The number of carbonyl (C=O) groups is 1. The molecule has 0 heterocycles. The molecule has 4 heteroatoms. The second-order valence-electron chi connectivity index (χ2n) is 3.52. The van der Waals surface area contributed by atoms with Crippen molar-refractivity contribution in [1.29, 1.82) is 0 Å². The maximum absolute atomic E-state index is 11.3. The highest BCUT2D eigenvalue weighted by Gasteiger charge is 2.11. The second-order valence-corrected chi connectivity index (χ2v) is 3.52. The molecule has 0 atom stereocenters. The van der Waals surface area contributed by atoms with E-state index in [1.165, 1.54) is 14.2 Å². The van der Waals surface area contributed by atoms with Crippen molar-refractivity contribution in [3.05, 3.63) is 23.8 Å². The summed E-state index contributed by atoms with van der Waals surface area (Å²) in [5, 5.41) is 0. The van der Waals surface area contributed by atoms with E-state index in [0.29, 0.717) is 17.1 Å². The monoisotopic (exact) mass is 224 g/mol. The number of esters is 1. The second kappa shape index (κ2) is 5.39. The zero-order valence-corrected chi connectivity index (χ0v) is 9.94. The first-order chi connectivity index (χ1) is 7.58. The van der Waals surface area contributed by atoms with E-state index < -0.39 is 5.97 Å². The van der Waals surface area contributed by atoms with Crippen LogP contribution in [0.4, 0.5) is 0 Å². The van der Waals surface area contributed by atoms with Crippen LogP contribution in [0.1, 0.15) is 24.2 Å². The van der Waals surface area contributed by atoms with Gasteiger partial charge >= 0.3 is 5.97 Å². The zero-order valence-electron chi connectivity index (χ0n) is 9.94. The van der Waals surface area contributed by atoms with E-state index in [0.717, 1.165) is 0 Å². The summed E-state index contributed by atoms with van der Waals surface area (Å²) in [4.78, 5) is 11.3. The van der Waals surface area contributed by atoms with E-state index in [2.05, 4.69) is 4.74 Å². The van der Waals surface area contributed by atoms with E-state index in [4.69, 9.17) is 9.47 Å². The summed E-state index contributed by atoms with van der Waals surface area (Å²) < 4.78 is 15.3. The van der Waals surface area contributed by atoms with Crippen molar-refractivity contribution < 1.29 is 19.0 Å². The van der Waals surface area contributed by atoms with Crippen LogP contribution in [0.2, 0.25) is 0 Å². The molecule has 0 fully saturated rings. The lowest BCUT2D eigenvalue weighted by molar-refractivity contribution is 0.0600. The Morgan fingerprint density at radius 1 is 1.19 bits per heavy atom. The van der Waals surface area contributed by atoms with E-state index >= 15 is 0 Å². The molecule has 0 N–H and O–H groups in total. The smallest absolute Gasteiger partial charge is 0.337 e. The minimum atomic E-state index is -0.394. The lowest BCUT2D eigenvalue weighted by Crippen LogP contribution is -2.08. The fourth-order valence-corrected chi connectivity index (χ4v) is 1.26. The van der Waals surface area contributed by atoms with Gasteiger partial charge in [0.15, 0.2) is 11.5 Å². The van der Waals surface area contributed by atoms with E-state index in [9.17, 15) is 4.79 Å². The van der Waals surface area contributed by atoms with Gasteiger partial charge in [-0.25, -0.2) is 4.79 Å². The van der Waals surface area contributed by atoms with Crippen molar-refractivity contribution in [2.75, 3.05) is 14.2 Å². The zero-order chi connectivity index (χ0) is 12.1. The van der Waals surface area contributed by atoms with Gasteiger partial charge in [0, 0.05) is 0 Å². The molecule has 0 unspecified atom stereocenters. The third-order valence-corrected chi connectivity index (χ3v) is 1.95. The molecule has 0 aliphatic carbocycles. The number of hydrogen-bond donors (Lipinski definition) is 0. The molecular weight excluding hydrogens is 208 g/mol. The van der Waals surface area contributed by atoms with Gasteiger partial charge < -0.3 is 14.2 Å². The van der Waals surface area contributed by atoms with Gasteiger partial charge in [0.2, 0.25) is 0 Å². The fraction of sp³-hybridized carbons (Fsp3) is 0.417. The van der Waals surface area contributed by atoms with Crippen molar-refractivity contribution in [3.8, 4) is 11.5 Å². The van der Waals surface area contributed by atoms with Crippen molar-refractivity contribution in [1.82, 2.24) is 0 Å². The first-order valence-electron chi connectivity index (χ1n) is 5.01. The predicted octanol–water partition coefficient (Wildman–Crippen LogP) is 2.27. The maximum atomic E-state index is 11.3. The largest absolute Gasteiger partial charge is 0.493 e. The first-order valence-corrected chi connectivity index (χ1v) is 5.01. The molecule has 0 aliphatic rings. The summed E-state index contributed by atoms with van der Waals surface area (Å²) in [6.45, 7) is 3.85. The van der Waals surface area contributed by atoms with Gasteiger partial charge in [-0.05, 0) is 32.0 Å². The minimum Gasteiger partial charge on any atom is -0.493 e. The highest BCUT2D eigenvalue weighted by atomic mass is 16.5. The molecule has 0 radical (unpaired) electrons. The third-order valence-electron chi connectivity index (χ3n) is 1.95. The number of benzene rings is 1. The van der Waals surface area contributed by atoms with Crippen molar-refractivity contribution >= 4 is 5.97 Å². The Labute approximate surface area is 95.1 Å². The van der Waals surface area contributed by atoms with Crippen LogP contribution >= 0.6 is 0 Å². The van der Waals surface area contributed by atoms with Gasteiger partial charge in [-0.15, -0.1) is 0 Å². The van der Waals surface area contributed by atoms with E-state index in [-0.39, 0.29) is 6.10 Å². The number of rotatable bonds is 4. The van der Waals surface area contributed by atoms with E-state index in [1.807, 2.05) is 13.8 Å². The van der Waals surface area contributed by atoms with Crippen LogP contribution in [0.5, 0.6) is 11.5 Å². The highest BCUT2D eigenvalue weighted by Crippen LogP contribution is 2.29. The molecule has 88 valence electrons. The van der Waals surface area contributed by atoms with Crippen LogP contribution in [0.15, 0.2) is 18.2 Å². The van der Waals surface area contributed by atoms with Crippen LogP contribution in [0, 0.1) is 0 Å². The number of ether oxygens (including phenoxy) is 3. The lowest BCUT2D eigenvalue weighted by atomic mass is 10.2. The molecule has 1 aromatic rings. The summed E-state index contributed by atoms with van der Waals surface area (Å²) in [6.07, 6.45) is 0.0536. The summed E-state index contributed by atoms with van der Waals surface area (Å²) in [6, 6.07) is 4.95. The van der Waals surface area contributed by atoms with Gasteiger partial charge in [0.05, 0.1) is 25.9 Å². The fourth-order valence-electron chi connectivity index (χ4n) is 1.26. The van der Waals surface area contributed by atoms with Gasteiger partial charge in [-0.1, -0.05) is 0 Å². The Bertz CT molecular complexity index is 371. The molecule has 0 saturated carbocycles. The average molecular weight is 224 g/mol. The molecule has 0 aromatic heterocycles. The molecular formula is C12H16O4. The van der Waals surface area contributed by atoms with Gasteiger partial charge in [-0.3, -0.25) is 0 Å². The first kappa shape index (κ1) is 12.4. The highest BCUT2D eigenvalue weighted by molar-refractivity contribution is 5.90. The van der Waals surface area contributed by atoms with Crippen LogP contribution in [0.3, 0.4) is 0 Å². The number of methoxy groups -OCH3 is 2. The topological polar surface area (TPSA) is 44.8 Å². The SMILES string of the molecule is COC(=O)c1ccc(OC(C)C)c(OC)c1. The Morgan fingerprint density at radius 3 is 2.38 bits per heavy atom. The predicted molar refractivity (Wildman–Crippen MR) is 60.1 cm³/mol. The number of carbonyl (C=O) groups excluding carboxylic acids is 1. The maximum Gasteiger partial charge on any atom is 0.337 e.